The van der Waals surface area contributed by atoms with E-state index in [4.69, 9.17) is 0 Å². The number of aryl methyl sites for hydroxylation is 1. The van der Waals surface area contributed by atoms with Crippen LogP contribution in [0.4, 0.5) is 4.39 Å². The summed E-state index contributed by atoms with van der Waals surface area (Å²) in [6, 6.07) is 2.97. The second-order valence-electron chi connectivity index (χ2n) is 4.68. The second kappa shape index (κ2) is 5.36. The Kier molecular flexibility index (Phi) is 4.02. The van der Waals surface area contributed by atoms with Crippen molar-refractivity contribution in [2.75, 3.05) is 33.2 Å². The Morgan fingerprint density at radius 3 is 2.50 bits per heavy atom. The molecule has 0 aromatic heterocycles. The van der Waals surface area contributed by atoms with Crippen molar-refractivity contribution < 1.29 is 9.18 Å². The van der Waals surface area contributed by atoms with E-state index in [0.717, 1.165) is 13.1 Å². The van der Waals surface area contributed by atoms with E-state index in [9.17, 15) is 9.18 Å². The molecule has 0 N–H and O–H groups in total. The fourth-order valence-electron chi connectivity index (χ4n) is 1.99. The van der Waals surface area contributed by atoms with Gasteiger partial charge in [0.05, 0.1) is 5.56 Å². The van der Waals surface area contributed by atoms with Gasteiger partial charge in [0, 0.05) is 30.7 Å². The van der Waals surface area contributed by atoms with Crippen molar-refractivity contribution in [1.82, 2.24) is 9.80 Å². The molecule has 1 heterocycles. The molecule has 18 heavy (non-hydrogen) atoms. The van der Waals surface area contributed by atoms with Crippen LogP contribution in [-0.4, -0.2) is 48.9 Å². The molecule has 0 spiro atoms. The lowest BCUT2D eigenvalue weighted by Gasteiger charge is -2.32. The van der Waals surface area contributed by atoms with Crippen LogP contribution in [0.5, 0.6) is 0 Å². The predicted molar refractivity (Wildman–Crippen MR) is 72.2 cm³/mol. The molecule has 1 amide bonds. The zero-order valence-corrected chi connectivity index (χ0v) is 12.1. The van der Waals surface area contributed by atoms with Crippen LogP contribution >= 0.6 is 15.9 Å². The van der Waals surface area contributed by atoms with Gasteiger partial charge < -0.3 is 9.80 Å². The maximum atomic E-state index is 13.5. The first-order chi connectivity index (χ1) is 8.49. The van der Waals surface area contributed by atoms with Crippen molar-refractivity contribution in [3.8, 4) is 0 Å². The standard InChI is InChI=1S/C13H16BrFN2O/c1-9-7-11(14)10(8-12(9)15)13(18)17-5-3-16(2)4-6-17/h7-8H,3-6H2,1-2H3. The quantitative estimate of drug-likeness (QED) is 0.794. The summed E-state index contributed by atoms with van der Waals surface area (Å²) in [6.07, 6.45) is 0. The van der Waals surface area contributed by atoms with Crippen LogP contribution in [-0.2, 0) is 0 Å². The third-order valence-corrected chi connectivity index (χ3v) is 3.93. The molecule has 1 aromatic carbocycles. The SMILES string of the molecule is Cc1cc(Br)c(C(=O)N2CCN(C)CC2)cc1F. The normalized spacial score (nSPS) is 17.0. The first-order valence-corrected chi connectivity index (χ1v) is 6.72. The number of hydrogen-bond acceptors (Lipinski definition) is 2. The Morgan fingerprint density at radius 2 is 1.89 bits per heavy atom. The van der Waals surface area contributed by atoms with Crippen LogP contribution < -0.4 is 0 Å². The summed E-state index contributed by atoms with van der Waals surface area (Å²) in [5.41, 5.74) is 0.944. The van der Waals surface area contributed by atoms with Crippen molar-refractivity contribution in [3.05, 3.63) is 33.5 Å². The number of halogens is 2. The van der Waals surface area contributed by atoms with Gasteiger partial charge >= 0.3 is 0 Å². The average molecular weight is 315 g/mol. The molecule has 0 atom stereocenters. The largest absolute Gasteiger partial charge is 0.336 e. The van der Waals surface area contributed by atoms with Gasteiger partial charge in [0.15, 0.2) is 0 Å². The molecule has 0 unspecified atom stereocenters. The van der Waals surface area contributed by atoms with E-state index < -0.39 is 0 Å². The van der Waals surface area contributed by atoms with Crippen LogP contribution in [0.1, 0.15) is 15.9 Å². The van der Waals surface area contributed by atoms with Gasteiger partial charge in [0.25, 0.3) is 5.91 Å². The highest BCUT2D eigenvalue weighted by atomic mass is 79.9. The van der Waals surface area contributed by atoms with Crippen LogP contribution in [0.25, 0.3) is 0 Å². The van der Waals surface area contributed by atoms with Crippen molar-refractivity contribution >= 4 is 21.8 Å². The third-order valence-electron chi connectivity index (χ3n) is 3.27. The Labute approximate surface area is 115 Å². The van der Waals surface area contributed by atoms with E-state index in [1.807, 2.05) is 7.05 Å². The molecule has 1 fully saturated rings. The minimum Gasteiger partial charge on any atom is -0.336 e. The average Bonchev–Trinajstić information content (AvgIpc) is 2.34. The monoisotopic (exact) mass is 314 g/mol. The van der Waals surface area contributed by atoms with Gasteiger partial charge in [-0.25, -0.2) is 4.39 Å². The van der Waals surface area contributed by atoms with Gasteiger partial charge in [-0.15, -0.1) is 0 Å². The highest BCUT2D eigenvalue weighted by Crippen LogP contribution is 2.23. The lowest BCUT2D eigenvalue weighted by Crippen LogP contribution is -2.47. The molecule has 98 valence electrons. The molecular weight excluding hydrogens is 299 g/mol. The number of carbonyl (C=O) groups is 1. The second-order valence-corrected chi connectivity index (χ2v) is 5.53. The molecule has 5 heteroatoms. The molecule has 1 aliphatic heterocycles. The molecule has 0 radical (unpaired) electrons. The zero-order valence-electron chi connectivity index (χ0n) is 10.5. The van der Waals surface area contributed by atoms with Crippen LogP contribution in [0, 0.1) is 12.7 Å². The van der Waals surface area contributed by atoms with Crippen molar-refractivity contribution in [2.24, 2.45) is 0 Å². The minimum absolute atomic E-state index is 0.103. The fourth-order valence-corrected chi connectivity index (χ4v) is 2.62. The number of benzene rings is 1. The van der Waals surface area contributed by atoms with Crippen LogP contribution in [0.3, 0.4) is 0 Å². The third kappa shape index (κ3) is 2.72. The van der Waals surface area contributed by atoms with Crippen molar-refractivity contribution in [2.45, 2.75) is 6.92 Å². The molecule has 1 aromatic rings. The first kappa shape index (κ1) is 13.5. The molecule has 1 aliphatic rings. The van der Waals surface area contributed by atoms with Gasteiger partial charge in [-0.3, -0.25) is 4.79 Å². The summed E-state index contributed by atoms with van der Waals surface area (Å²) < 4.78 is 14.2. The molecule has 1 saturated heterocycles. The lowest BCUT2D eigenvalue weighted by molar-refractivity contribution is 0.0662. The summed E-state index contributed by atoms with van der Waals surface area (Å²) in [5, 5.41) is 0. The van der Waals surface area contributed by atoms with E-state index in [-0.39, 0.29) is 11.7 Å². The Morgan fingerprint density at radius 1 is 1.28 bits per heavy atom. The van der Waals surface area contributed by atoms with Crippen LogP contribution in [0.2, 0.25) is 0 Å². The molecule has 0 aliphatic carbocycles. The zero-order chi connectivity index (χ0) is 13.3. The molecule has 3 nitrogen and oxygen atoms in total. The molecule has 2 rings (SSSR count). The van der Waals surface area contributed by atoms with E-state index >= 15 is 0 Å². The van der Waals surface area contributed by atoms with Gasteiger partial charge in [0.1, 0.15) is 5.82 Å². The number of amides is 1. The summed E-state index contributed by atoms with van der Waals surface area (Å²) in [6.45, 7) is 4.79. The predicted octanol–water partition coefficient (Wildman–Crippen LogP) is 2.28. The minimum atomic E-state index is -0.337. The Hall–Kier alpha value is -0.940. The fraction of sp³-hybridized carbons (Fsp3) is 0.462. The Balaban J connectivity index is 2.21. The van der Waals surface area contributed by atoms with E-state index in [1.165, 1.54) is 6.07 Å². The summed E-state index contributed by atoms with van der Waals surface area (Å²) >= 11 is 3.34. The molecule has 0 saturated carbocycles. The summed E-state index contributed by atoms with van der Waals surface area (Å²) in [5.74, 6) is -0.440. The lowest BCUT2D eigenvalue weighted by atomic mass is 10.1. The first-order valence-electron chi connectivity index (χ1n) is 5.92. The molecular formula is C13H16BrFN2O. The smallest absolute Gasteiger partial charge is 0.255 e. The number of hydrogen-bond donors (Lipinski definition) is 0. The maximum absolute atomic E-state index is 13.5. The van der Waals surface area contributed by atoms with E-state index in [2.05, 4.69) is 20.8 Å². The topological polar surface area (TPSA) is 23.6 Å². The van der Waals surface area contributed by atoms with Gasteiger partial charge in [-0.2, -0.15) is 0 Å². The highest BCUT2D eigenvalue weighted by Gasteiger charge is 2.22. The van der Waals surface area contributed by atoms with E-state index in [0.29, 0.717) is 28.7 Å². The van der Waals surface area contributed by atoms with Gasteiger partial charge in [-0.1, -0.05) is 0 Å². The number of carbonyl (C=O) groups excluding carboxylic acids is 1. The van der Waals surface area contributed by atoms with Crippen molar-refractivity contribution in [3.63, 3.8) is 0 Å². The van der Waals surface area contributed by atoms with Gasteiger partial charge in [-0.05, 0) is 47.6 Å². The van der Waals surface area contributed by atoms with E-state index in [1.54, 1.807) is 17.9 Å². The number of likely N-dealkylation sites (N-methyl/N-ethyl adjacent to an activating group) is 1. The van der Waals surface area contributed by atoms with Crippen LogP contribution in [0.15, 0.2) is 16.6 Å². The molecule has 0 bridgehead atoms. The Bertz CT molecular complexity index is 470. The number of rotatable bonds is 1. The summed E-state index contributed by atoms with van der Waals surface area (Å²) in [4.78, 5) is 16.2. The summed E-state index contributed by atoms with van der Waals surface area (Å²) in [7, 11) is 2.03. The highest BCUT2D eigenvalue weighted by molar-refractivity contribution is 9.10. The maximum Gasteiger partial charge on any atom is 0.255 e. The number of piperazine rings is 1. The van der Waals surface area contributed by atoms with Gasteiger partial charge in [0.2, 0.25) is 0 Å². The number of nitrogens with zero attached hydrogens (tertiary/aromatic N) is 2. The van der Waals surface area contributed by atoms with Crippen molar-refractivity contribution in [1.29, 1.82) is 0 Å².